The van der Waals surface area contributed by atoms with Gasteiger partial charge < -0.3 is 15.4 Å². The molecular weight excluding hydrogens is 208 g/mol. The van der Waals surface area contributed by atoms with E-state index in [0.717, 1.165) is 6.54 Å². The van der Waals surface area contributed by atoms with Gasteiger partial charge in [0.25, 0.3) is 0 Å². The third-order valence-electron chi connectivity index (χ3n) is 2.64. The molecule has 2 rings (SSSR count). The standard InChI is InChI=1S/C10H16N4O2/c1-8(6-11-9-2-3-9)7-13-5-4-10(12-13)14(15)16/h4-5,8-9,11H,2-3,6-7H2,1H3. The second-order valence-corrected chi connectivity index (χ2v) is 4.44. The maximum atomic E-state index is 10.4. The fourth-order valence-corrected chi connectivity index (χ4v) is 1.59. The van der Waals surface area contributed by atoms with Crippen molar-refractivity contribution < 1.29 is 4.92 Å². The Morgan fingerprint density at radius 3 is 3.06 bits per heavy atom. The molecule has 0 radical (unpaired) electrons. The van der Waals surface area contributed by atoms with Crippen molar-refractivity contribution in [3.8, 4) is 0 Å². The third-order valence-corrected chi connectivity index (χ3v) is 2.64. The second kappa shape index (κ2) is 4.61. The van der Waals surface area contributed by atoms with Crippen LogP contribution in [0.1, 0.15) is 19.8 Å². The second-order valence-electron chi connectivity index (χ2n) is 4.44. The summed E-state index contributed by atoms with van der Waals surface area (Å²) >= 11 is 0. The van der Waals surface area contributed by atoms with Crippen LogP contribution in [-0.4, -0.2) is 27.3 Å². The Bertz CT molecular complexity index is 373. The summed E-state index contributed by atoms with van der Waals surface area (Å²) in [6, 6.07) is 2.13. The minimum atomic E-state index is -0.469. The highest BCUT2D eigenvalue weighted by molar-refractivity contribution is 5.13. The molecular formula is C10H16N4O2. The van der Waals surface area contributed by atoms with E-state index in [0.29, 0.717) is 18.5 Å². The van der Waals surface area contributed by atoms with E-state index in [1.54, 1.807) is 10.9 Å². The molecule has 0 saturated heterocycles. The molecule has 1 heterocycles. The summed E-state index contributed by atoms with van der Waals surface area (Å²) in [6.07, 6.45) is 4.21. The maximum Gasteiger partial charge on any atom is 0.389 e. The zero-order valence-corrected chi connectivity index (χ0v) is 9.30. The molecule has 1 fully saturated rings. The molecule has 0 spiro atoms. The van der Waals surface area contributed by atoms with Gasteiger partial charge in [-0.1, -0.05) is 6.92 Å². The SMILES string of the molecule is CC(CNC1CC1)Cn1ccc([N+](=O)[O-])n1. The van der Waals surface area contributed by atoms with Crippen LogP contribution >= 0.6 is 0 Å². The summed E-state index contributed by atoms with van der Waals surface area (Å²) in [5.74, 6) is 0.349. The smallest absolute Gasteiger partial charge is 0.358 e. The fraction of sp³-hybridized carbons (Fsp3) is 0.700. The van der Waals surface area contributed by atoms with Crippen molar-refractivity contribution in [3.05, 3.63) is 22.4 Å². The van der Waals surface area contributed by atoms with E-state index < -0.39 is 4.92 Å². The van der Waals surface area contributed by atoms with E-state index in [1.807, 2.05) is 0 Å². The van der Waals surface area contributed by atoms with E-state index >= 15 is 0 Å². The van der Waals surface area contributed by atoms with Crippen molar-refractivity contribution in [2.75, 3.05) is 6.54 Å². The number of rotatable bonds is 6. The monoisotopic (exact) mass is 224 g/mol. The lowest BCUT2D eigenvalue weighted by Crippen LogP contribution is -2.25. The lowest BCUT2D eigenvalue weighted by molar-refractivity contribution is -0.389. The largest absolute Gasteiger partial charge is 0.389 e. The lowest BCUT2D eigenvalue weighted by atomic mass is 10.2. The average molecular weight is 224 g/mol. The topological polar surface area (TPSA) is 73.0 Å². The quantitative estimate of drug-likeness (QED) is 0.581. The highest BCUT2D eigenvalue weighted by Gasteiger charge is 2.21. The van der Waals surface area contributed by atoms with Gasteiger partial charge in [-0.15, -0.1) is 0 Å². The van der Waals surface area contributed by atoms with Gasteiger partial charge in [0.1, 0.15) is 0 Å². The molecule has 1 aliphatic rings. The molecule has 1 aliphatic carbocycles. The first-order valence-corrected chi connectivity index (χ1v) is 5.56. The summed E-state index contributed by atoms with van der Waals surface area (Å²) in [6.45, 7) is 3.77. The fourth-order valence-electron chi connectivity index (χ4n) is 1.59. The summed E-state index contributed by atoms with van der Waals surface area (Å²) in [5.41, 5.74) is 0. The number of nitrogens with zero attached hydrogens (tertiary/aromatic N) is 3. The maximum absolute atomic E-state index is 10.4. The van der Waals surface area contributed by atoms with E-state index in [4.69, 9.17) is 0 Å². The Morgan fingerprint density at radius 1 is 1.75 bits per heavy atom. The minimum Gasteiger partial charge on any atom is -0.358 e. The van der Waals surface area contributed by atoms with Gasteiger partial charge in [-0.05, 0) is 30.2 Å². The molecule has 0 aromatic carbocycles. The highest BCUT2D eigenvalue weighted by atomic mass is 16.6. The number of nitro groups is 1. The normalized spacial score (nSPS) is 17.3. The zero-order valence-electron chi connectivity index (χ0n) is 9.30. The van der Waals surface area contributed by atoms with Gasteiger partial charge in [0.2, 0.25) is 0 Å². The van der Waals surface area contributed by atoms with Crippen molar-refractivity contribution in [3.63, 3.8) is 0 Å². The predicted molar refractivity (Wildman–Crippen MR) is 59.1 cm³/mol. The van der Waals surface area contributed by atoms with Crippen molar-refractivity contribution in [1.29, 1.82) is 0 Å². The van der Waals surface area contributed by atoms with Gasteiger partial charge >= 0.3 is 5.82 Å². The van der Waals surface area contributed by atoms with Crippen molar-refractivity contribution >= 4 is 5.82 Å². The predicted octanol–water partition coefficient (Wildman–Crippen LogP) is 1.18. The van der Waals surface area contributed by atoms with Crippen LogP contribution in [0.25, 0.3) is 0 Å². The van der Waals surface area contributed by atoms with Gasteiger partial charge in [0.05, 0.1) is 23.9 Å². The zero-order chi connectivity index (χ0) is 11.5. The number of aromatic nitrogens is 2. The lowest BCUT2D eigenvalue weighted by Gasteiger charge is -2.09. The van der Waals surface area contributed by atoms with Crippen LogP contribution in [0.15, 0.2) is 12.3 Å². The Balaban J connectivity index is 1.79. The first kappa shape index (κ1) is 11.1. The van der Waals surface area contributed by atoms with Crippen LogP contribution in [0.3, 0.4) is 0 Å². The number of nitrogens with one attached hydrogen (secondary N) is 1. The van der Waals surface area contributed by atoms with Crippen LogP contribution < -0.4 is 5.32 Å². The first-order chi connectivity index (χ1) is 7.65. The summed E-state index contributed by atoms with van der Waals surface area (Å²) < 4.78 is 1.64. The van der Waals surface area contributed by atoms with Crippen LogP contribution in [0, 0.1) is 16.0 Å². The molecule has 0 bridgehead atoms. The highest BCUT2D eigenvalue weighted by Crippen LogP contribution is 2.19. The number of hydrogen-bond donors (Lipinski definition) is 1. The summed E-state index contributed by atoms with van der Waals surface area (Å²) in [4.78, 5) is 9.97. The van der Waals surface area contributed by atoms with Crippen LogP contribution in [0.5, 0.6) is 0 Å². The Hall–Kier alpha value is -1.43. The van der Waals surface area contributed by atoms with Crippen molar-refractivity contribution in [2.45, 2.75) is 32.4 Å². The molecule has 0 aliphatic heterocycles. The van der Waals surface area contributed by atoms with Crippen LogP contribution in [0.2, 0.25) is 0 Å². The minimum absolute atomic E-state index is 0.0812. The average Bonchev–Trinajstić information content (AvgIpc) is 2.95. The van der Waals surface area contributed by atoms with Gasteiger partial charge in [-0.3, -0.25) is 0 Å². The molecule has 88 valence electrons. The first-order valence-electron chi connectivity index (χ1n) is 5.56. The molecule has 6 heteroatoms. The van der Waals surface area contributed by atoms with E-state index in [2.05, 4.69) is 17.3 Å². The molecule has 1 aromatic rings. The van der Waals surface area contributed by atoms with Gasteiger partial charge in [0, 0.05) is 6.04 Å². The molecule has 1 unspecified atom stereocenters. The third kappa shape index (κ3) is 3.03. The van der Waals surface area contributed by atoms with Gasteiger partial charge in [0.15, 0.2) is 0 Å². The van der Waals surface area contributed by atoms with E-state index in [1.165, 1.54) is 18.9 Å². The summed E-state index contributed by atoms with van der Waals surface area (Å²) in [5, 5.41) is 17.8. The van der Waals surface area contributed by atoms with Crippen molar-refractivity contribution in [2.24, 2.45) is 5.92 Å². The summed E-state index contributed by atoms with van der Waals surface area (Å²) in [7, 11) is 0. The molecule has 1 N–H and O–H groups in total. The molecule has 1 atom stereocenters. The van der Waals surface area contributed by atoms with Gasteiger partial charge in [-0.25, -0.2) is 0 Å². The molecule has 1 saturated carbocycles. The Morgan fingerprint density at radius 2 is 2.50 bits per heavy atom. The molecule has 6 nitrogen and oxygen atoms in total. The Kier molecular flexibility index (Phi) is 3.19. The van der Waals surface area contributed by atoms with Gasteiger partial charge in [-0.2, -0.15) is 4.68 Å². The molecule has 16 heavy (non-hydrogen) atoms. The number of hydrogen-bond acceptors (Lipinski definition) is 4. The van der Waals surface area contributed by atoms with E-state index in [-0.39, 0.29) is 5.82 Å². The molecule has 1 aromatic heterocycles. The molecule has 0 amide bonds. The van der Waals surface area contributed by atoms with Crippen LogP contribution in [-0.2, 0) is 6.54 Å². The van der Waals surface area contributed by atoms with Crippen LogP contribution in [0.4, 0.5) is 5.82 Å². The van der Waals surface area contributed by atoms with Crippen molar-refractivity contribution in [1.82, 2.24) is 15.1 Å². The Labute approximate surface area is 93.8 Å². The van der Waals surface area contributed by atoms with E-state index in [9.17, 15) is 10.1 Å².